The number of unbranched alkanes of at least 4 members (excludes halogenated alkanes) is 1. The average Bonchev–Trinajstić information content (AvgIpc) is 3.30. The van der Waals surface area contributed by atoms with Crippen LogP contribution < -0.4 is 0 Å². The maximum Gasteiger partial charge on any atom is 0.254 e. The lowest BCUT2D eigenvalue weighted by atomic mass is 10.1. The number of benzene rings is 2. The fraction of sp³-hybridized carbons (Fsp3) is 0.419. The second-order valence-electron chi connectivity index (χ2n) is 10.2. The fourth-order valence-electron chi connectivity index (χ4n) is 4.30. The predicted molar refractivity (Wildman–Crippen MR) is 152 cm³/mol. The number of hydrogen-bond donors (Lipinski definition) is 0. The van der Waals surface area contributed by atoms with Crippen molar-refractivity contribution >= 4 is 23.4 Å². The maximum absolute atomic E-state index is 13.6. The minimum Gasteiger partial charge on any atom is -0.345 e. The molecule has 198 valence electrons. The summed E-state index contributed by atoms with van der Waals surface area (Å²) in [4.78, 5) is 30.6. The minimum absolute atomic E-state index is 0.0252. The Morgan fingerprint density at radius 1 is 0.973 bits per heavy atom. The summed E-state index contributed by atoms with van der Waals surface area (Å²) in [7, 11) is 0. The van der Waals surface area contributed by atoms with Crippen LogP contribution in [0.15, 0.2) is 66.9 Å². The second-order valence-corrected chi connectivity index (χ2v) is 10.6. The van der Waals surface area contributed by atoms with Crippen LogP contribution in [-0.4, -0.2) is 45.8 Å². The Hall–Kier alpha value is -3.05. The molecule has 3 rings (SSSR count). The lowest BCUT2D eigenvalue weighted by molar-refractivity contribution is -0.132. The molecule has 0 spiro atoms. The van der Waals surface area contributed by atoms with Crippen LogP contribution >= 0.6 is 11.6 Å². The quantitative estimate of drug-likeness (QED) is 0.248. The first-order chi connectivity index (χ1) is 17.8. The summed E-state index contributed by atoms with van der Waals surface area (Å²) in [5.41, 5.74) is 4.10. The SMILES string of the molecule is CCCCN(Cc1cccn1Cc1cccc(C)c1)C(=O)CN(CCC(C)C)C(=O)c1ccc(Cl)cc1. The largest absolute Gasteiger partial charge is 0.345 e. The van der Waals surface area contributed by atoms with Crippen molar-refractivity contribution in [2.45, 2.75) is 60.0 Å². The van der Waals surface area contributed by atoms with Gasteiger partial charge in [0.25, 0.3) is 5.91 Å². The van der Waals surface area contributed by atoms with E-state index in [1.165, 1.54) is 11.1 Å². The average molecular weight is 522 g/mol. The first kappa shape index (κ1) is 28.5. The van der Waals surface area contributed by atoms with Gasteiger partial charge in [0.05, 0.1) is 6.54 Å². The monoisotopic (exact) mass is 521 g/mol. The standard InChI is InChI=1S/C31H40ClN3O2/c1-5-6-17-34(22-29-11-8-18-33(29)21-26-10-7-9-25(4)20-26)30(36)23-35(19-16-24(2)3)31(37)27-12-14-28(32)15-13-27/h7-15,18,20,24H,5-6,16-17,19,21-23H2,1-4H3. The minimum atomic E-state index is -0.135. The third-order valence-electron chi connectivity index (χ3n) is 6.53. The van der Waals surface area contributed by atoms with Crippen LogP contribution in [0.25, 0.3) is 0 Å². The molecule has 0 radical (unpaired) electrons. The van der Waals surface area contributed by atoms with E-state index in [4.69, 9.17) is 11.6 Å². The zero-order valence-corrected chi connectivity index (χ0v) is 23.4. The lowest BCUT2D eigenvalue weighted by Crippen LogP contribution is -2.44. The molecular weight excluding hydrogens is 482 g/mol. The number of hydrogen-bond acceptors (Lipinski definition) is 2. The Bertz CT molecular complexity index is 1150. The van der Waals surface area contributed by atoms with Crippen LogP contribution in [-0.2, 0) is 17.9 Å². The van der Waals surface area contributed by atoms with Crippen molar-refractivity contribution in [1.82, 2.24) is 14.4 Å². The summed E-state index contributed by atoms with van der Waals surface area (Å²) < 4.78 is 2.20. The van der Waals surface area contributed by atoms with Gasteiger partial charge in [0.1, 0.15) is 6.54 Å². The predicted octanol–water partition coefficient (Wildman–Crippen LogP) is 6.82. The first-order valence-corrected chi connectivity index (χ1v) is 13.7. The number of aryl methyl sites for hydroxylation is 1. The molecule has 2 aromatic carbocycles. The van der Waals surface area contributed by atoms with Gasteiger partial charge in [-0.05, 0) is 67.6 Å². The summed E-state index contributed by atoms with van der Waals surface area (Å²) >= 11 is 6.02. The third-order valence-corrected chi connectivity index (χ3v) is 6.78. The number of nitrogens with zero attached hydrogens (tertiary/aromatic N) is 3. The van der Waals surface area contributed by atoms with Crippen LogP contribution in [0.3, 0.4) is 0 Å². The molecule has 0 aliphatic rings. The molecule has 0 aliphatic carbocycles. The molecule has 0 atom stereocenters. The molecule has 1 aromatic heterocycles. The Morgan fingerprint density at radius 3 is 2.41 bits per heavy atom. The lowest BCUT2D eigenvalue weighted by Gasteiger charge is -2.29. The summed E-state index contributed by atoms with van der Waals surface area (Å²) in [6.45, 7) is 11.0. The van der Waals surface area contributed by atoms with Crippen molar-refractivity contribution in [2.75, 3.05) is 19.6 Å². The van der Waals surface area contributed by atoms with Crippen LogP contribution in [0.1, 0.15) is 67.2 Å². The van der Waals surface area contributed by atoms with E-state index in [9.17, 15) is 9.59 Å². The number of rotatable bonds is 13. The zero-order valence-electron chi connectivity index (χ0n) is 22.6. The van der Waals surface area contributed by atoms with Crippen LogP contribution in [0, 0.1) is 12.8 Å². The van der Waals surface area contributed by atoms with Crippen molar-refractivity contribution in [3.63, 3.8) is 0 Å². The maximum atomic E-state index is 13.6. The van der Waals surface area contributed by atoms with Gasteiger partial charge in [0, 0.05) is 42.1 Å². The first-order valence-electron chi connectivity index (χ1n) is 13.3. The van der Waals surface area contributed by atoms with E-state index in [-0.39, 0.29) is 18.4 Å². The van der Waals surface area contributed by atoms with Gasteiger partial charge in [-0.3, -0.25) is 9.59 Å². The Morgan fingerprint density at radius 2 is 1.73 bits per heavy atom. The van der Waals surface area contributed by atoms with Gasteiger partial charge in [0.2, 0.25) is 5.91 Å². The zero-order chi connectivity index (χ0) is 26.8. The van der Waals surface area contributed by atoms with E-state index in [0.29, 0.717) is 36.1 Å². The van der Waals surface area contributed by atoms with E-state index >= 15 is 0 Å². The molecule has 0 N–H and O–H groups in total. The fourth-order valence-corrected chi connectivity index (χ4v) is 4.42. The molecule has 0 saturated carbocycles. The van der Waals surface area contributed by atoms with E-state index in [2.05, 4.69) is 68.8 Å². The number of aromatic nitrogens is 1. The highest BCUT2D eigenvalue weighted by Gasteiger charge is 2.23. The Balaban J connectivity index is 1.77. The Kier molecular flexibility index (Phi) is 10.8. The highest BCUT2D eigenvalue weighted by molar-refractivity contribution is 6.30. The van der Waals surface area contributed by atoms with E-state index in [1.807, 2.05) is 11.0 Å². The van der Waals surface area contributed by atoms with E-state index in [0.717, 1.165) is 31.5 Å². The van der Waals surface area contributed by atoms with Crippen molar-refractivity contribution in [3.8, 4) is 0 Å². The molecule has 0 saturated heterocycles. The Labute approximate surface area is 227 Å². The summed E-state index contributed by atoms with van der Waals surface area (Å²) in [6, 6.07) is 19.5. The van der Waals surface area contributed by atoms with Crippen molar-refractivity contribution in [1.29, 1.82) is 0 Å². The van der Waals surface area contributed by atoms with E-state index in [1.54, 1.807) is 29.2 Å². The molecule has 0 aliphatic heterocycles. The van der Waals surface area contributed by atoms with Crippen molar-refractivity contribution < 1.29 is 9.59 Å². The highest BCUT2D eigenvalue weighted by atomic mass is 35.5. The molecule has 0 fully saturated rings. The van der Waals surface area contributed by atoms with Gasteiger partial charge in [-0.25, -0.2) is 0 Å². The number of amides is 2. The second kappa shape index (κ2) is 14.0. The molecule has 2 amide bonds. The number of halogens is 1. The van der Waals surface area contributed by atoms with E-state index < -0.39 is 0 Å². The molecular formula is C31H40ClN3O2. The summed E-state index contributed by atoms with van der Waals surface area (Å²) in [6.07, 6.45) is 4.82. The van der Waals surface area contributed by atoms with Crippen molar-refractivity contribution in [3.05, 3.63) is 94.3 Å². The van der Waals surface area contributed by atoms with Gasteiger partial charge in [0.15, 0.2) is 0 Å². The highest BCUT2D eigenvalue weighted by Crippen LogP contribution is 2.16. The van der Waals surface area contributed by atoms with Gasteiger partial charge >= 0.3 is 0 Å². The molecule has 0 unspecified atom stereocenters. The normalized spacial score (nSPS) is 11.1. The van der Waals surface area contributed by atoms with Gasteiger partial charge in [-0.15, -0.1) is 0 Å². The van der Waals surface area contributed by atoms with Gasteiger partial charge < -0.3 is 14.4 Å². The number of carbonyl (C=O) groups is 2. The van der Waals surface area contributed by atoms with Gasteiger partial charge in [-0.2, -0.15) is 0 Å². The molecule has 0 bridgehead atoms. The molecule has 6 heteroatoms. The number of carbonyl (C=O) groups excluding carboxylic acids is 2. The molecule has 3 aromatic rings. The summed E-state index contributed by atoms with van der Waals surface area (Å²) in [5, 5.41) is 0.584. The summed E-state index contributed by atoms with van der Waals surface area (Å²) in [5.74, 6) is 0.267. The topological polar surface area (TPSA) is 45.6 Å². The van der Waals surface area contributed by atoms with Crippen LogP contribution in [0.5, 0.6) is 0 Å². The van der Waals surface area contributed by atoms with Gasteiger partial charge in [-0.1, -0.05) is 68.6 Å². The molecule has 1 heterocycles. The molecule has 37 heavy (non-hydrogen) atoms. The van der Waals surface area contributed by atoms with Crippen molar-refractivity contribution in [2.24, 2.45) is 5.92 Å². The third kappa shape index (κ3) is 8.78. The smallest absolute Gasteiger partial charge is 0.254 e. The van der Waals surface area contributed by atoms with Crippen LogP contribution in [0.2, 0.25) is 5.02 Å². The molecule has 5 nitrogen and oxygen atoms in total. The van der Waals surface area contributed by atoms with Crippen LogP contribution in [0.4, 0.5) is 0 Å².